The second-order valence-corrected chi connectivity index (χ2v) is 6.27. The van der Waals surface area contributed by atoms with Crippen LogP contribution >= 0.6 is 0 Å². The van der Waals surface area contributed by atoms with E-state index in [-0.39, 0.29) is 0 Å². The molecule has 0 radical (unpaired) electrons. The number of hydrogen-bond donors (Lipinski definition) is 0. The fraction of sp³-hybridized carbons (Fsp3) is 0.842. The lowest BCUT2D eigenvalue weighted by Gasteiger charge is -2.05. The van der Waals surface area contributed by atoms with E-state index in [0.717, 1.165) is 6.54 Å². The molecule has 0 fully saturated rings. The Morgan fingerprint density at radius 1 is 0.810 bits per heavy atom. The highest BCUT2D eigenvalue weighted by Crippen LogP contribution is 2.08. The van der Waals surface area contributed by atoms with Gasteiger partial charge < -0.3 is 0 Å². The molecule has 0 bridgehead atoms. The van der Waals surface area contributed by atoms with Crippen molar-refractivity contribution in [3.63, 3.8) is 0 Å². The van der Waals surface area contributed by atoms with Crippen molar-refractivity contribution in [3.8, 4) is 0 Å². The second-order valence-electron chi connectivity index (χ2n) is 6.27. The Balaban J connectivity index is 2.38. The molecule has 0 spiro atoms. The molecule has 1 heterocycles. The molecular weight excluding hydrogens is 256 g/mol. The summed E-state index contributed by atoms with van der Waals surface area (Å²) in [5.74, 6) is 1.55. The van der Waals surface area contributed by atoms with Crippen LogP contribution in [0, 0.1) is 0 Å². The van der Waals surface area contributed by atoms with Crippen LogP contribution in [0.2, 0.25) is 0 Å². The molecule has 2 heteroatoms. The van der Waals surface area contributed by atoms with Crippen LogP contribution in [0.15, 0.2) is 12.4 Å². The van der Waals surface area contributed by atoms with Crippen molar-refractivity contribution in [1.29, 1.82) is 0 Å². The fourth-order valence-electron chi connectivity index (χ4n) is 3.05. The molecule has 1 aromatic heterocycles. The Labute approximate surface area is 132 Å². The molecule has 122 valence electrons. The van der Waals surface area contributed by atoms with Crippen LogP contribution < -0.4 is 4.57 Å². The summed E-state index contributed by atoms with van der Waals surface area (Å²) in [6.07, 6.45) is 19.5. The van der Waals surface area contributed by atoms with E-state index in [1.807, 2.05) is 0 Å². The van der Waals surface area contributed by atoms with Crippen molar-refractivity contribution >= 4 is 0 Å². The van der Waals surface area contributed by atoms with Crippen LogP contribution in [0.3, 0.4) is 0 Å². The number of imidazole rings is 1. The average Bonchev–Trinajstić information content (AvgIpc) is 2.89. The third-order valence-electron chi connectivity index (χ3n) is 4.44. The Kier molecular flexibility index (Phi) is 10.3. The van der Waals surface area contributed by atoms with Crippen LogP contribution in [-0.2, 0) is 19.5 Å². The molecule has 0 aliphatic rings. The Bertz CT molecular complexity index is 354. The van der Waals surface area contributed by atoms with Gasteiger partial charge in [0, 0.05) is 6.42 Å². The first-order valence-electron chi connectivity index (χ1n) is 9.40. The maximum Gasteiger partial charge on any atom is 0.256 e. The molecule has 0 saturated heterocycles. The minimum absolute atomic E-state index is 1.10. The molecule has 0 N–H and O–H groups in total. The fourth-order valence-corrected chi connectivity index (χ4v) is 3.05. The summed E-state index contributed by atoms with van der Waals surface area (Å²) >= 11 is 0. The van der Waals surface area contributed by atoms with Gasteiger partial charge in [-0.1, -0.05) is 58.8 Å². The Morgan fingerprint density at radius 2 is 1.43 bits per heavy atom. The third kappa shape index (κ3) is 7.15. The van der Waals surface area contributed by atoms with E-state index in [2.05, 4.69) is 42.3 Å². The Morgan fingerprint density at radius 3 is 2.05 bits per heavy atom. The molecule has 0 aliphatic carbocycles. The molecule has 0 amide bonds. The van der Waals surface area contributed by atoms with Gasteiger partial charge in [0.15, 0.2) is 0 Å². The lowest BCUT2D eigenvalue weighted by atomic mass is 10.1. The van der Waals surface area contributed by atoms with Gasteiger partial charge in [0.05, 0.1) is 13.1 Å². The highest BCUT2D eigenvalue weighted by atomic mass is 15.1. The SMILES string of the molecule is CCCCCCCc1n(CC)cc[n+]1CCCCCCC. The van der Waals surface area contributed by atoms with Crippen molar-refractivity contribution in [1.82, 2.24) is 4.57 Å². The van der Waals surface area contributed by atoms with Crippen LogP contribution in [0.4, 0.5) is 0 Å². The van der Waals surface area contributed by atoms with Crippen molar-refractivity contribution in [2.24, 2.45) is 0 Å². The summed E-state index contributed by atoms with van der Waals surface area (Å²) in [7, 11) is 0. The van der Waals surface area contributed by atoms with Crippen molar-refractivity contribution in [3.05, 3.63) is 18.2 Å². The van der Waals surface area contributed by atoms with E-state index in [0.29, 0.717) is 0 Å². The second kappa shape index (κ2) is 11.8. The number of hydrogen-bond acceptors (Lipinski definition) is 0. The summed E-state index contributed by atoms with van der Waals surface area (Å²) < 4.78 is 4.95. The van der Waals surface area contributed by atoms with Gasteiger partial charge in [0.1, 0.15) is 12.4 Å². The summed E-state index contributed by atoms with van der Waals surface area (Å²) in [5.41, 5.74) is 0. The van der Waals surface area contributed by atoms with E-state index in [4.69, 9.17) is 0 Å². The van der Waals surface area contributed by atoms with Crippen LogP contribution in [0.1, 0.15) is 90.8 Å². The highest BCUT2D eigenvalue weighted by molar-refractivity contribution is 4.83. The zero-order chi connectivity index (χ0) is 15.3. The third-order valence-corrected chi connectivity index (χ3v) is 4.44. The number of rotatable bonds is 13. The topological polar surface area (TPSA) is 8.81 Å². The first-order chi connectivity index (χ1) is 10.3. The molecular formula is C19H37N2+. The molecule has 0 aliphatic heterocycles. The number of aromatic nitrogens is 2. The van der Waals surface area contributed by atoms with E-state index in [1.54, 1.807) is 5.82 Å². The highest BCUT2D eigenvalue weighted by Gasteiger charge is 2.14. The predicted octanol–water partition coefficient (Wildman–Crippen LogP) is 5.28. The van der Waals surface area contributed by atoms with Gasteiger partial charge in [0.2, 0.25) is 0 Å². The summed E-state index contributed by atoms with van der Waals surface area (Å²) in [6.45, 7) is 9.14. The van der Waals surface area contributed by atoms with Crippen molar-refractivity contribution in [2.45, 2.75) is 104 Å². The largest absolute Gasteiger partial charge is 0.256 e. The number of aryl methyl sites for hydroxylation is 2. The molecule has 0 aromatic carbocycles. The minimum Gasteiger partial charge on any atom is -0.235 e. The maximum atomic E-state index is 2.51. The van der Waals surface area contributed by atoms with E-state index >= 15 is 0 Å². The normalized spacial score (nSPS) is 11.2. The van der Waals surface area contributed by atoms with Gasteiger partial charge in [-0.15, -0.1) is 0 Å². The molecule has 0 saturated carbocycles. The minimum atomic E-state index is 1.10. The predicted molar refractivity (Wildman–Crippen MR) is 91.5 cm³/mol. The van der Waals surface area contributed by atoms with E-state index in [1.165, 1.54) is 77.2 Å². The first-order valence-corrected chi connectivity index (χ1v) is 9.40. The van der Waals surface area contributed by atoms with Crippen LogP contribution in [-0.4, -0.2) is 4.57 Å². The first kappa shape index (κ1) is 18.3. The zero-order valence-electron chi connectivity index (χ0n) is 14.7. The van der Waals surface area contributed by atoms with Gasteiger partial charge >= 0.3 is 0 Å². The molecule has 21 heavy (non-hydrogen) atoms. The lowest BCUT2D eigenvalue weighted by Crippen LogP contribution is -2.37. The zero-order valence-corrected chi connectivity index (χ0v) is 14.7. The molecule has 0 unspecified atom stereocenters. The Hall–Kier alpha value is -0.790. The smallest absolute Gasteiger partial charge is 0.235 e. The van der Waals surface area contributed by atoms with Gasteiger partial charge in [0.25, 0.3) is 5.82 Å². The summed E-state index contributed by atoms with van der Waals surface area (Å²) in [4.78, 5) is 0. The van der Waals surface area contributed by atoms with Crippen molar-refractivity contribution in [2.75, 3.05) is 0 Å². The van der Waals surface area contributed by atoms with Gasteiger partial charge in [-0.2, -0.15) is 0 Å². The standard InChI is InChI=1S/C19H37N2/c1-4-7-9-11-13-15-19-20(6-3)17-18-21(19)16-14-12-10-8-5-2/h17-18H,4-16H2,1-3H3/q+1. The average molecular weight is 294 g/mol. The van der Waals surface area contributed by atoms with E-state index in [9.17, 15) is 0 Å². The van der Waals surface area contributed by atoms with Crippen LogP contribution in [0.25, 0.3) is 0 Å². The van der Waals surface area contributed by atoms with Crippen molar-refractivity contribution < 1.29 is 4.57 Å². The molecule has 2 nitrogen and oxygen atoms in total. The van der Waals surface area contributed by atoms with E-state index < -0.39 is 0 Å². The van der Waals surface area contributed by atoms with Gasteiger partial charge in [-0.25, -0.2) is 9.13 Å². The van der Waals surface area contributed by atoms with Gasteiger partial charge in [-0.05, 0) is 26.2 Å². The number of unbranched alkanes of at least 4 members (excludes halogenated alkanes) is 8. The molecule has 1 aromatic rings. The maximum absolute atomic E-state index is 2.51. The number of nitrogens with zero attached hydrogens (tertiary/aromatic N) is 2. The van der Waals surface area contributed by atoms with Gasteiger partial charge in [-0.3, -0.25) is 0 Å². The molecule has 0 atom stereocenters. The molecule has 1 rings (SSSR count). The summed E-state index contributed by atoms with van der Waals surface area (Å²) in [5, 5.41) is 0. The van der Waals surface area contributed by atoms with Crippen LogP contribution in [0.5, 0.6) is 0 Å². The lowest BCUT2D eigenvalue weighted by molar-refractivity contribution is -0.704. The summed E-state index contributed by atoms with van der Waals surface area (Å²) in [6, 6.07) is 0. The quantitative estimate of drug-likeness (QED) is 0.346. The monoisotopic (exact) mass is 293 g/mol.